The molecule has 50 heavy (non-hydrogen) atoms. The number of alkyl halides is 3. The summed E-state index contributed by atoms with van der Waals surface area (Å²) in [6, 6.07) is 11.4. The van der Waals surface area contributed by atoms with Gasteiger partial charge >= 0.3 is 17.8 Å². The molecule has 1 aromatic heterocycles. The second kappa shape index (κ2) is 14.6. The van der Waals surface area contributed by atoms with E-state index in [0.717, 1.165) is 23.9 Å². The largest absolute Gasteiger partial charge is 0.466 e. The van der Waals surface area contributed by atoms with Crippen LogP contribution in [0.2, 0.25) is 18.1 Å². The number of fused-ring (bicyclic) bond motifs is 1. The Bertz CT molecular complexity index is 1970. The first-order chi connectivity index (χ1) is 23.2. The quantitative estimate of drug-likeness (QED) is 0.119. The number of nitrogens with zero attached hydrogens (tertiary/aromatic N) is 5. The summed E-state index contributed by atoms with van der Waals surface area (Å²) in [6.07, 6.45) is -4.32. The SMILES string of the molecule is COC(=O)C1=C(C)N(c2cccc(C(F)(F)F)c2)c2nn(CCCS(=O)(=O)CCCO[Si](C)(C)C(C)(C)C)c(=O)n2C1c1ccc(C#N)cc1. The summed E-state index contributed by atoms with van der Waals surface area (Å²) in [5, 5.41) is 13.8. The molecule has 0 saturated carbocycles. The van der Waals surface area contributed by atoms with Crippen molar-refractivity contribution in [1.82, 2.24) is 14.3 Å². The van der Waals surface area contributed by atoms with E-state index in [-0.39, 0.29) is 52.4 Å². The molecular formula is C34H42F3N5O6SSi. The first-order valence-corrected chi connectivity index (χ1v) is 20.8. The van der Waals surface area contributed by atoms with Crippen LogP contribution >= 0.6 is 0 Å². The first kappa shape index (κ1) is 38.6. The molecule has 0 aliphatic carbocycles. The van der Waals surface area contributed by atoms with Crippen LogP contribution in [0.5, 0.6) is 0 Å². The summed E-state index contributed by atoms with van der Waals surface area (Å²) >= 11 is 0. The summed E-state index contributed by atoms with van der Waals surface area (Å²) < 4.78 is 80.6. The van der Waals surface area contributed by atoms with E-state index in [1.165, 1.54) is 40.7 Å². The molecule has 2 aromatic carbocycles. The highest BCUT2D eigenvalue weighted by atomic mass is 32.2. The smallest absolute Gasteiger partial charge is 0.416 e. The van der Waals surface area contributed by atoms with Crippen LogP contribution in [-0.4, -0.2) is 62.3 Å². The second-order valence-electron chi connectivity index (χ2n) is 13.7. The second-order valence-corrected chi connectivity index (χ2v) is 20.8. The summed E-state index contributed by atoms with van der Waals surface area (Å²) in [5.74, 6) is -1.24. The number of carbonyl (C=O) groups excluding carboxylic acids is 1. The van der Waals surface area contributed by atoms with Crippen LogP contribution in [0.25, 0.3) is 0 Å². The third-order valence-electron chi connectivity index (χ3n) is 9.20. The number of esters is 1. The Morgan fingerprint density at radius 3 is 2.28 bits per heavy atom. The van der Waals surface area contributed by atoms with Crippen LogP contribution in [0.15, 0.2) is 64.6 Å². The van der Waals surface area contributed by atoms with Gasteiger partial charge in [0.25, 0.3) is 0 Å². The van der Waals surface area contributed by atoms with Crippen molar-refractivity contribution in [2.45, 2.75) is 77.4 Å². The molecule has 0 N–H and O–H groups in total. The van der Waals surface area contributed by atoms with Crippen molar-refractivity contribution < 1.29 is 35.5 Å². The fourth-order valence-corrected chi connectivity index (χ4v) is 7.86. The lowest BCUT2D eigenvalue weighted by Gasteiger charge is -2.36. The number of sulfone groups is 1. The van der Waals surface area contributed by atoms with Crippen molar-refractivity contribution >= 4 is 35.8 Å². The Morgan fingerprint density at radius 2 is 1.70 bits per heavy atom. The van der Waals surface area contributed by atoms with E-state index >= 15 is 0 Å². The molecule has 4 rings (SSSR count). The molecule has 0 radical (unpaired) electrons. The lowest BCUT2D eigenvalue weighted by atomic mass is 9.93. The van der Waals surface area contributed by atoms with Crippen molar-refractivity contribution in [3.8, 4) is 6.07 Å². The average molecular weight is 734 g/mol. The molecule has 1 atom stereocenters. The van der Waals surface area contributed by atoms with Gasteiger partial charge in [0.15, 0.2) is 8.32 Å². The maximum atomic E-state index is 14.1. The number of allylic oxidation sites excluding steroid dienone is 1. The predicted molar refractivity (Wildman–Crippen MR) is 185 cm³/mol. The first-order valence-electron chi connectivity index (χ1n) is 16.0. The summed E-state index contributed by atoms with van der Waals surface area (Å²) in [6.45, 7) is 12.2. The van der Waals surface area contributed by atoms with Crippen molar-refractivity contribution in [2.75, 3.05) is 30.1 Å². The number of carbonyl (C=O) groups is 1. The van der Waals surface area contributed by atoms with Gasteiger partial charge in [-0.05, 0) is 73.8 Å². The maximum absolute atomic E-state index is 14.1. The number of aromatic nitrogens is 3. The van der Waals surface area contributed by atoms with Crippen molar-refractivity contribution in [3.63, 3.8) is 0 Å². The van der Waals surface area contributed by atoms with Gasteiger partial charge in [0.05, 0.1) is 41.4 Å². The van der Waals surface area contributed by atoms with Gasteiger partial charge in [-0.15, -0.1) is 5.10 Å². The highest BCUT2D eigenvalue weighted by molar-refractivity contribution is 7.91. The van der Waals surface area contributed by atoms with Gasteiger partial charge in [-0.3, -0.25) is 4.90 Å². The van der Waals surface area contributed by atoms with E-state index < -0.39 is 47.6 Å². The van der Waals surface area contributed by atoms with Gasteiger partial charge in [0.1, 0.15) is 15.9 Å². The molecule has 0 fully saturated rings. The van der Waals surface area contributed by atoms with Crippen molar-refractivity contribution in [1.29, 1.82) is 5.26 Å². The number of aryl methyl sites for hydroxylation is 1. The number of methoxy groups -OCH3 is 1. The highest BCUT2D eigenvalue weighted by Crippen LogP contribution is 2.43. The molecule has 0 saturated heterocycles. The number of ether oxygens (including phenoxy) is 1. The molecule has 1 aliphatic heterocycles. The van der Waals surface area contributed by atoms with Gasteiger partial charge in [0.2, 0.25) is 5.95 Å². The minimum Gasteiger partial charge on any atom is -0.466 e. The minimum absolute atomic E-state index is 0.00959. The van der Waals surface area contributed by atoms with Gasteiger partial charge in [-0.1, -0.05) is 39.0 Å². The van der Waals surface area contributed by atoms with Crippen LogP contribution in [0.1, 0.15) is 63.3 Å². The van der Waals surface area contributed by atoms with Crippen molar-refractivity contribution in [3.05, 3.63) is 87.0 Å². The summed E-state index contributed by atoms with van der Waals surface area (Å²) in [7, 11) is -4.39. The molecule has 0 spiro atoms. The van der Waals surface area contributed by atoms with E-state index in [1.54, 1.807) is 12.1 Å². The minimum atomic E-state index is -4.68. The zero-order valence-electron chi connectivity index (χ0n) is 29.2. The monoisotopic (exact) mass is 733 g/mol. The number of hydrogen-bond donors (Lipinski definition) is 0. The Balaban J connectivity index is 1.71. The standard InChI is InChI=1S/C34H42F3N5O6SSi/c1-23-28(30(43)47-5)29(25-15-13-24(22-38)14-16-25)42-31(41(23)27-12-8-11-26(21-27)34(35,36)37)39-40(32(42)44)17-9-19-49(45,46)20-10-18-48-50(6,7)33(2,3)4/h8,11-16,21,29H,9-10,17-20H2,1-7H3. The molecule has 2 heterocycles. The highest BCUT2D eigenvalue weighted by Gasteiger charge is 2.41. The Labute approximate surface area is 291 Å². The Hall–Kier alpha value is -4.20. The summed E-state index contributed by atoms with van der Waals surface area (Å²) in [5.41, 5.74) is -0.823. The van der Waals surface area contributed by atoms with Crippen LogP contribution in [0.4, 0.5) is 24.8 Å². The molecule has 1 unspecified atom stereocenters. The average Bonchev–Trinajstić information content (AvgIpc) is 3.36. The topological polar surface area (TPSA) is 137 Å². The molecule has 270 valence electrons. The van der Waals surface area contributed by atoms with Gasteiger partial charge in [-0.25, -0.2) is 27.3 Å². The fourth-order valence-electron chi connectivity index (χ4n) is 5.44. The molecule has 1 aliphatic rings. The van der Waals surface area contributed by atoms with Gasteiger partial charge < -0.3 is 9.16 Å². The van der Waals surface area contributed by atoms with Gasteiger partial charge in [-0.2, -0.15) is 18.4 Å². The lowest BCUT2D eigenvalue weighted by Crippen LogP contribution is -2.41. The molecule has 0 bridgehead atoms. The molecule has 0 amide bonds. The molecule has 11 nitrogen and oxygen atoms in total. The number of nitriles is 1. The zero-order chi connectivity index (χ0) is 37.2. The molecule has 16 heteroatoms. The van der Waals surface area contributed by atoms with E-state index in [9.17, 15) is 36.4 Å². The normalized spacial score (nSPS) is 15.5. The van der Waals surface area contributed by atoms with Crippen LogP contribution in [-0.2, 0) is 36.5 Å². The van der Waals surface area contributed by atoms with E-state index in [0.29, 0.717) is 24.2 Å². The van der Waals surface area contributed by atoms with E-state index in [1.807, 2.05) is 6.07 Å². The number of halogens is 3. The van der Waals surface area contributed by atoms with Crippen molar-refractivity contribution in [2.24, 2.45) is 0 Å². The number of rotatable bonds is 12. The van der Waals surface area contributed by atoms with E-state index in [2.05, 4.69) is 39.0 Å². The number of anilines is 2. The van der Waals surface area contributed by atoms with Crippen LogP contribution < -0.4 is 10.6 Å². The number of hydrogen-bond acceptors (Lipinski definition) is 9. The number of benzene rings is 2. The zero-order valence-corrected chi connectivity index (χ0v) is 31.0. The summed E-state index contributed by atoms with van der Waals surface area (Å²) in [4.78, 5) is 28.7. The third kappa shape index (κ3) is 8.22. The molecule has 3 aromatic rings. The third-order valence-corrected chi connectivity index (χ3v) is 15.6. The van der Waals surface area contributed by atoms with E-state index in [4.69, 9.17) is 9.16 Å². The predicted octanol–water partition coefficient (Wildman–Crippen LogP) is 6.34. The fraction of sp³-hybridized carbons (Fsp3) is 0.471. The van der Waals surface area contributed by atoms with Gasteiger partial charge in [0, 0.05) is 24.5 Å². The van der Waals surface area contributed by atoms with Crippen LogP contribution in [0.3, 0.4) is 0 Å². The lowest BCUT2D eigenvalue weighted by molar-refractivity contribution is -0.138. The Morgan fingerprint density at radius 1 is 1.06 bits per heavy atom. The Kier molecular flexibility index (Phi) is 11.2. The maximum Gasteiger partial charge on any atom is 0.416 e. The van der Waals surface area contributed by atoms with Crippen LogP contribution in [0, 0.1) is 11.3 Å². The molecular weight excluding hydrogens is 692 g/mol.